The molecular weight excluding hydrogens is 370 g/mol. The van der Waals surface area contributed by atoms with Gasteiger partial charge in [0.05, 0.1) is 7.11 Å². The Bertz CT molecular complexity index is 974. The highest BCUT2D eigenvalue weighted by Gasteiger charge is 2.19. The van der Waals surface area contributed by atoms with Gasteiger partial charge in [0.25, 0.3) is 5.91 Å². The molecule has 6 nitrogen and oxygen atoms in total. The van der Waals surface area contributed by atoms with E-state index in [0.717, 1.165) is 11.6 Å². The van der Waals surface area contributed by atoms with Crippen LogP contribution in [0.4, 0.5) is 8.78 Å². The molecule has 28 heavy (non-hydrogen) atoms. The molecule has 0 radical (unpaired) electrons. The average molecular weight is 388 g/mol. The molecule has 1 amide bonds. The lowest BCUT2D eigenvalue weighted by molar-refractivity contribution is 0.0778. The molecular formula is C20H18F2N2O4. The predicted octanol–water partition coefficient (Wildman–Crippen LogP) is 3.81. The fourth-order valence-corrected chi connectivity index (χ4v) is 2.57. The van der Waals surface area contributed by atoms with Crippen molar-refractivity contribution in [3.8, 4) is 11.5 Å². The lowest BCUT2D eigenvalue weighted by Gasteiger charge is -2.17. The Balaban J connectivity index is 1.64. The predicted molar refractivity (Wildman–Crippen MR) is 96.0 cm³/mol. The summed E-state index contributed by atoms with van der Waals surface area (Å²) in [5, 5.41) is 0. The topological polar surface area (TPSA) is 64.8 Å². The summed E-state index contributed by atoms with van der Waals surface area (Å²) in [5.41, 5.74) is 0.921. The smallest absolute Gasteiger partial charge is 0.275 e. The third kappa shape index (κ3) is 4.28. The van der Waals surface area contributed by atoms with Gasteiger partial charge in [-0.3, -0.25) is 4.79 Å². The van der Waals surface area contributed by atoms with Crippen molar-refractivity contribution in [3.63, 3.8) is 0 Å². The summed E-state index contributed by atoms with van der Waals surface area (Å²) in [7, 11) is 3.19. The summed E-state index contributed by atoms with van der Waals surface area (Å²) in [6.45, 7) is 0.0694. The monoisotopic (exact) mass is 388 g/mol. The van der Waals surface area contributed by atoms with Crippen molar-refractivity contribution in [2.24, 2.45) is 0 Å². The van der Waals surface area contributed by atoms with Crippen molar-refractivity contribution in [2.75, 3.05) is 14.2 Å². The summed E-state index contributed by atoms with van der Waals surface area (Å²) in [4.78, 5) is 18.1. The van der Waals surface area contributed by atoms with Crippen LogP contribution in [0.3, 0.4) is 0 Å². The first-order valence-electron chi connectivity index (χ1n) is 8.38. The van der Waals surface area contributed by atoms with E-state index >= 15 is 0 Å². The standard InChI is InChI=1S/C20H18F2N2O4/c1-24(10-13-6-3-4-8-16(13)26-2)20(25)15-11-28-18(23-15)12-27-17-9-5-7-14(21)19(17)22/h3-9,11H,10,12H2,1-2H3. The SMILES string of the molecule is COc1ccccc1CN(C)C(=O)c1coc(COc2cccc(F)c2F)n1. The first-order chi connectivity index (χ1) is 13.5. The molecule has 0 aliphatic carbocycles. The van der Waals surface area contributed by atoms with Crippen LogP contribution in [0.1, 0.15) is 21.9 Å². The van der Waals surface area contributed by atoms with Crippen LogP contribution < -0.4 is 9.47 Å². The number of carbonyl (C=O) groups is 1. The van der Waals surface area contributed by atoms with Gasteiger partial charge in [-0.1, -0.05) is 24.3 Å². The third-order valence-corrected chi connectivity index (χ3v) is 3.98. The van der Waals surface area contributed by atoms with Crippen LogP contribution in [0.15, 0.2) is 53.1 Å². The summed E-state index contributed by atoms with van der Waals surface area (Å²) < 4.78 is 42.4. The number of halogens is 2. The lowest BCUT2D eigenvalue weighted by atomic mass is 10.2. The maximum atomic E-state index is 13.6. The number of hydrogen-bond donors (Lipinski definition) is 0. The molecule has 0 saturated heterocycles. The van der Waals surface area contributed by atoms with Crippen LogP contribution >= 0.6 is 0 Å². The van der Waals surface area contributed by atoms with E-state index in [-0.39, 0.29) is 29.8 Å². The number of oxazole rings is 1. The number of benzene rings is 2. The van der Waals surface area contributed by atoms with Gasteiger partial charge < -0.3 is 18.8 Å². The Morgan fingerprint density at radius 2 is 1.89 bits per heavy atom. The molecule has 1 aromatic heterocycles. The van der Waals surface area contributed by atoms with Gasteiger partial charge in [0.1, 0.15) is 12.0 Å². The number of aromatic nitrogens is 1. The molecule has 3 aromatic rings. The van der Waals surface area contributed by atoms with Gasteiger partial charge in [0.2, 0.25) is 11.7 Å². The molecule has 1 heterocycles. The van der Waals surface area contributed by atoms with Crippen molar-refractivity contribution in [2.45, 2.75) is 13.2 Å². The maximum absolute atomic E-state index is 13.6. The molecule has 0 aliphatic heterocycles. The molecule has 2 aromatic carbocycles. The molecule has 0 fully saturated rings. The molecule has 0 N–H and O–H groups in total. The first-order valence-corrected chi connectivity index (χ1v) is 8.38. The third-order valence-electron chi connectivity index (χ3n) is 3.98. The summed E-state index contributed by atoms with van der Waals surface area (Å²) in [6.07, 6.45) is 1.20. The van der Waals surface area contributed by atoms with E-state index in [4.69, 9.17) is 13.9 Å². The van der Waals surface area contributed by atoms with Crippen LogP contribution in [-0.2, 0) is 13.2 Å². The molecule has 0 unspecified atom stereocenters. The zero-order valence-electron chi connectivity index (χ0n) is 15.3. The fraction of sp³-hybridized carbons (Fsp3) is 0.200. The van der Waals surface area contributed by atoms with Gasteiger partial charge >= 0.3 is 0 Å². The van der Waals surface area contributed by atoms with Gasteiger partial charge in [0, 0.05) is 19.2 Å². The van der Waals surface area contributed by atoms with Crippen LogP contribution in [0.25, 0.3) is 0 Å². The first kappa shape index (κ1) is 19.3. The molecule has 3 rings (SSSR count). The Kier molecular flexibility index (Phi) is 5.88. The Morgan fingerprint density at radius 3 is 2.68 bits per heavy atom. The summed E-state index contributed by atoms with van der Waals surface area (Å²) in [6, 6.07) is 11.0. The minimum Gasteiger partial charge on any atom is -0.496 e. The van der Waals surface area contributed by atoms with E-state index in [0.29, 0.717) is 12.3 Å². The molecule has 8 heteroatoms. The van der Waals surface area contributed by atoms with Crippen LogP contribution in [0.2, 0.25) is 0 Å². The number of carbonyl (C=O) groups excluding carboxylic acids is 1. The zero-order valence-corrected chi connectivity index (χ0v) is 15.3. The number of para-hydroxylation sites is 1. The highest BCUT2D eigenvalue weighted by Crippen LogP contribution is 2.21. The number of nitrogens with zero attached hydrogens (tertiary/aromatic N) is 2. The number of hydrogen-bond acceptors (Lipinski definition) is 5. The Labute approximate surface area is 160 Å². The van der Waals surface area contributed by atoms with Gasteiger partial charge in [-0.15, -0.1) is 0 Å². The second kappa shape index (κ2) is 8.51. The van der Waals surface area contributed by atoms with Gasteiger partial charge in [0.15, 0.2) is 23.9 Å². The van der Waals surface area contributed by atoms with E-state index in [2.05, 4.69) is 4.98 Å². The second-order valence-corrected chi connectivity index (χ2v) is 5.94. The van der Waals surface area contributed by atoms with Crippen molar-refractivity contribution in [1.29, 1.82) is 0 Å². The molecule has 0 spiro atoms. The maximum Gasteiger partial charge on any atom is 0.275 e. The van der Waals surface area contributed by atoms with Crippen molar-refractivity contribution < 1.29 is 27.5 Å². The van der Waals surface area contributed by atoms with Gasteiger partial charge in [-0.25, -0.2) is 9.37 Å². The molecule has 0 bridgehead atoms. The highest BCUT2D eigenvalue weighted by atomic mass is 19.2. The average Bonchev–Trinajstić information content (AvgIpc) is 3.18. The molecule has 146 valence electrons. The minimum absolute atomic E-state index is 0.0673. The normalized spacial score (nSPS) is 10.6. The highest BCUT2D eigenvalue weighted by molar-refractivity contribution is 5.91. The summed E-state index contributed by atoms with van der Waals surface area (Å²) >= 11 is 0. The number of rotatable bonds is 7. The van der Waals surface area contributed by atoms with E-state index in [9.17, 15) is 13.6 Å². The second-order valence-electron chi connectivity index (χ2n) is 5.94. The van der Waals surface area contributed by atoms with E-state index in [1.54, 1.807) is 14.2 Å². The largest absolute Gasteiger partial charge is 0.496 e. The van der Waals surface area contributed by atoms with E-state index in [1.165, 1.54) is 23.3 Å². The Hall–Kier alpha value is -3.42. The van der Waals surface area contributed by atoms with Gasteiger partial charge in [-0.2, -0.15) is 4.39 Å². The summed E-state index contributed by atoms with van der Waals surface area (Å²) in [5.74, 6) is -2.00. The zero-order chi connectivity index (χ0) is 20.1. The molecule has 0 aliphatic rings. The van der Waals surface area contributed by atoms with E-state index in [1.807, 2.05) is 24.3 Å². The van der Waals surface area contributed by atoms with E-state index < -0.39 is 11.6 Å². The fourth-order valence-electron chi connectivity index (χ4n) is 2.57. The van der Waals surface area contributed by atoms with Crippen LogP contribution in [-0.4, -0.2) is 29.9 Å². The molecule has 0 atom stereocenters. The van der Waals surface area contributed by atoms with Crippen LogP contribution in [0.5, 0.6) is 11.5 Å². The molecule has 0 saturated carbocycles. The van der Waals surface area contributed by atoms with Crippen molar-refractivity contribution >= 4 is 5.91 Å². The van der Waals surface area contributed by atoms with Gasteiger partial charge in [-0.05, 0) is 18.2 Å². The lowest BCUT2D eigenvalue weighted by Crippen LogP contribution is -2.26. The minimum atomic E-state index is -1.10. The number of methoxy groups -OCH3 is 1. The van der Waals surface area contributed by atoms with Crippen molar-refractivity contribution in [1.82, 2.24) is 9.88 Å². The number of amides is 1. The van der Waals surface area contributed by atoms with Crippen molar-refractivity contribution in [3.05, 3.63) is 77.5 Å². The number of ether oxygens (including phenoxy) is 2. The quantitative estimate of drug-likeness (QED) is 0.616. The Morgan fingerprint density at radius 1 is 1.14 bits per heavy atom. The van der Waals surface area contributed by atoms with Crippen LogP contribution in [0, 0.1) is 11.6 Å².